The SMILES string of the molecule is CCOC(=O)CNC(=O)N1CCN(CC(=O)O)CC1. The summed E-state index contributed by atoms with van der Waals surface area (Å²) in [5.41, 5.74) is 0. The van der Waals surface area contributed by atoms with E-state index < -0.39 is 11.9 Å². The number of carboxylic acids is 1. The number of carbonyl (C=O) groups is 3. The number of piperazine rings is 1. The summed E-state index contributed by atoms with van der Waals surface area (Å²) in [7, 11) is 0. The molecule has 8 nitrogen and oxygen atoms in total. The van der Waals surface area contributed by atoms with Crippen molar-refractivity contribution in [1.82, 2.24) is 15.1 Å². The van der Waals surface area contributed by atoms with E-state index in [-0.39, 0.29) is 25.7 Å². The molecule has 2 N–H and O–H groups in total. The summed E-state index contributed by atoms with van der Waals surface area (Å²) < 4.78 is 4.69. The van der Waals surface area contributed by atoms with Gasteiger partial charge >= 0.3 is 18.0 Å². The van der Waals surface area contributed by atoms with Crippen molar-refractivity contribution in [3.05, 3.63) is 0 Å². The van der Waals surface area contributed by atoms with E-state index in [0.717, 1.165) is 0 Å². The van der Waals surface area contributed by atoms with Crippen LogP contribution in [0.4, 0.5) is 4.79 Å². The molecule has 0 bridgehead atoms. The number of urea groups is 1. The van der Waals surface area contributed by atoms with Crippen LogP contribution in [-0.4, -0.2) is 78.8 Å². The normalized spacial score (nSPS) is 15.9. The molecule has 0 atom stereocenters. The zero-order valence-corrected chi connectivity index (χ0v) is 10.9. The molecule has 0 saturated carbocycles. The minimum Gasteiger partial charge on any atom is -0.480 e. The van der Waals surface area contributed by atoms with Crippen molar-refractivity contribution in [2.45, 2.75) is 6.92 Å². The van der Waals surface area contributed by atoms with Gasteiger partial charge in [-0.25, -0.2) is 4.79 Å². The van der Waals surface area contributed by atoms with Crippen molar-refractivity contribution >= 4 is 18.0 Å². The minimum absolute atomic E-state index is 0.0156. The molecule has 8 heteroatoms. The topological polar surface area (TPSA) is 99.2 Å². The van der Waals surface area contributed by atoms with Gasteiger partial charge in [-0.05, 0) is 6.92 Å². The molecule has 2 amide bonds. The minimum atomic E-state index is -0.875. The predicted octanol–water partition coefficient (Wildman–Crippen LogP) is -1.04. The molecule has 19 heavy (non-hydrogen) atoms. The van der Waals surface area contributed by atoms with E-state index in [1.54, 1.807) is 16.7 Å². The molecule has 108 valence electrons. The van der Waals surface area contributed by atoms with E-state index >= 15 is 0 Å². The molecule has 0 radical (unpaired) electrons. The Balaban J connectivity index is 2.25. The lowest BCUT2D eigenvalue weighted by Gasteiger charge is -2.33. The molecule has 0 aromatic heterocycles. The van der Waals surface area contributed by atoms with Crippen LogP contribution < -0.4 is 5.32 Å². The second kappa shape index (κ2) is 7.57. The van der Waals surface area contributed by atoms with Crippen LogP contribution >= 0.6 is 0 Å². The smallest absolute Gasteiger partial charge is 0.325 e. The van der Waals surface area contributed by atoms with Gasteiger partial charge in [0.25, 0.3) is 0 Å². The average molecular weight is 273 g/mol. The Bertz CT molecular complexity index is 339. The Labute approximate surface area is 111 Å². The second-order valence-electron chi connectivity index (χ2n) is 4.12. The van der Waals surface area contributed by atoms with Gasteiger partial charge in [-0.1, -0.05) is 0 Å². The average Bonchev–Trinajstić information content (AvgIpc) is 2.36. The maximum atomic E-state index is 11.7. The first-order valence-electron chi connectivity index (χ1n) is 6.15. The van der Waals surface area contributed by atoms with E-state index in [2.05, 4.69) is 5.32 Å². The van der Waals surface area contributed by atoms with Gasteiger partial charge in [-0.15, -0.1) is 0 Å². The van der Waals surface area contributed by atoms with E-state index in [1.165, 1.54) is 0 Å². The van der Waals surface area contributed by atoms with Gasteiger partial charge in [-0.2, -0.15) is 0 Å². The Morgan fingerprint density at radius 2 is 1.84 bits per heavy atom. The number of carbonyl (C=O) groups excluding carboxylic acids is 2. The molecular weight excluding hydrogens is 254 g/mol. The van der Waals surface area contributed by atoms with Gasteiger partial charge in [-0.3, -0.25) is 14.5 Å². The molecule has 0 aliphatic carbocycles. The number of rotatable bonds is 5. The highest BCUT2D eigenvalue weighted by molar-refractivity contribution is 5.80. The van der Waals surface area contributed by atoms with Gasteiger partial charge in [0, 0.05) is 26.2 Å². The third-order valence-electron chi connectivity index (χ3n) is 2.71. The molecular formula is C11H19N3O5. The van der Waals surface area contributed by atoms with Crippen LogP contribution in [0.3, 0.4) is 0 Å². The number of hydrogen-bond acceptors (Lipinski definition) is 5. The summed E-state index contributed by atoms with van der Waals surface area (Å²) in [5.74, 6) is -1.35. The molecule has 1 aliphatic heterocycles. The summed E-state index contributed by atoms with van der Waals surface area (Å²) in [6, 6.07) is -0.331. The Morgan fingerprint density at radius 3 is 2.37 bits per heavy atom. The molecule has 1 heterocycles. The number of hydrogen-bond donors (Lipinski definition) is 2. The van der Waals surface area contributed by atoms with Gasteiger partial charge in [0.2, 0.25) is 0 Å². The standard InChI is InChI=1S/C11H19N3O5/c1-2-19-10(17)7-12-11(18)14-5-3-13(4-6-14)8-9(15)16/h2-8H2,1H3,(H,12,18)(H,15,16). The van der Waals surface area contributed by atoms with Crippen molar-refractivity contribution in [1.29, 1.82) is 0 Å². The molecule has 0 spiro atoms. The van der Waals surface area contributed by atoms with Gasteiger partial charge < -0.3 is 20.1 Å². The fourth-order valence-corrected chi connectivity index (χ4v) is 1.77. The van der Waals surface area contributed by atoms with Crippen molar-refractivity contribution in [3.63, 3.8) is 0 Å². The van der Waals surface area contributed by atoms with Crippen molar-refractivity contribution in [3.8, 4) is 0 Å². The monoisotopic (exact) mass is 273 g/mol. The highest BCUT2D eigenvalue weighted by Crippen LogP contribution is 2.01. The summed E-state index contributed by atoms with van der Waals surface area (Å²) in [5, 5.41) is 11.1. The van der Waals surface area contributed by atoms with Crippen molar-refractivity contribution in [2.24, 2.45) is 0 Å². The largest absolute Gasteiger partial charge is 0.480 e. The number of nitrogens with one attached hydrogen (secondary N) is 1. The molecule has 0 aromatic carbocycles. The lowest BCUT2D eigenvalue weighted by molar-refractivity contribution is -0.142. The first-order chi connectivity index (χ1) is 9.02. The van der Waals surface area contributed by atoms with Crippen LogP contribution in [-0.2, 0) is 14.3 Å². The number of nitrogens with zero attached hydrogens (tertiary/aromatic N) is 2. The summed E-state index contributed by atoms with van der Waals surface area (Å²) in [4.78, 5) is 36.6. The highest BCUT2D eigenvalue weighted by Gasteiger charge is 2.22. The quantitative estimate of drug-likeness (QED) is 0.621. The Hall–Kier alpha value is -1.83. The zero-order chi connectivity index (χ0) is 14.3. The molecule has 1 saturated heterocycles. The lowest BCUT2D eigenvalue weighted by Crippen LogP contribution is -2.53. The number of carboxylic acid groups (broad SMARTS) is 1. The van der Waals surface area contributed by atoms with Gasteiger partial charge in [0.1, 0.15) is 6.54 Å². The fourth-order valence-electron chi connectivity index (χ4n) is 1.77. The van der Waals surface area contributed by atoms with Crippen LogP contribution in [0.15, 0.2) is 0 Å². The Kier molecular flexibility index (Phi) is 6.07. The van der Waals surface area contributed by atoms with Crippen LogP contribution in [0.5, 0.6) is 0 Å². The van der Waals surface area contributed by atoms with Crippen LogP contribution in [0, 0.1) is 0 Å². The van der Waals surface area contributed by atoms with Gasteiger partial charge in [0.15, 0.2) is 0 Å². The van der Waals surface area contributed by atoms with Crippen molar-refractivity contribution < 1.29 is 24.2 Å². The summed E-state index contributed by atoms with van der Waals surface area (Å²) in [6.45, 7) is 3.73. The highest BCUT2D eigenvalue weighted by atomic mass is 16.5. The first kappa shape index (κ1) is 15.2. The van der Waals surface area contributed by atoms with Crippen LogP contribution in [0.1, 0.15) is 6.92 Å². The predicted molar refractivity (Wildman–Crippen MR) is 65.7 cm³/mol. The van der Waals surface area contributed by atoms with E-state index in [1.807, 2.05) is 0 Å². The fraction of sp³-hybridized carbons (Fsp3) is 0.727. The first-order valence-corrected chi connectivity index (χ1v) is 6.15. The number of aliphatic carboxylic acids is 1. The van der Waals surface area contributed by atoms with Crippen LogP contribution in [0.2, 0.25) is 0 Å². The summed E-state index contributed by atoms with van der Waals surface area (Å²) >= 11 is 0. The molecule has 0 unspecified atom stereocenters. The zero-order valence-electron chi connectivity index (χ0n) is 10.9. The van der Waals surface area contributed by atoms with E-state index in [9.17, 15) is 14.4 Å². The lowest BCUT2D eigenvalue weighted by atomic mass is 10.3. The molecule has 1 rings (SSSR count). The maximum absolute atomic E-state index is 11.7. The third-order valence-corrected chi connectivity index (χ3v) is 2.71. The number of esters is 1. The van der Waals surface area contributed by atoms with Crippen LogP contribution in [0.25, 0.3) is 0 Å². The molecule has 1 fully saturated rings. The molecule has 0 aromatic rings. The Morgan fingerprint density at radius 1 is 1.21 bits per heavy atom. The van der Waals surface area contributed by atoms with E-state index in [4.69, 9.17) is 9.84 Å². The molecule has 1 aliphatic rings. The van der Waals surface area contributed by atoms with Crippen molar-refractivity contribution in [2.75, 3.05) is 45.9 Å². The van der Waals surface area contributed by atoms with E-state index in [0.29, 0.717) is 26.2 Å². The summed E-state index contributed by atoms with van der Waals surface area (Å²) in [6.07, 6.45) is 0. The van der Waals surface area contributed by atoms with Gasteiger partial charge in [0.05, 0.1) is 13.2 Å². The number of amides is 2. The second-order valence-corrected chi connectivity index (χ2v) is 4.12. The maximum Gasteiger partial charge on any atom is 0.325 e. The third kappa shape index (κ3) is 5.56. The number of ether oxygens (including phenoxy) is 1.